The van der Waals surface area contributed by atoms with Crippen LogP contribution in [0.4, 0.5) is 11.4 Å². The van der Waals surface area contributed by atoms with Gasteiger partial charge in [0.05, 0.1) is 0 Å². The second-order valence-corrected chi connectivity index (χ2v) is 16.0. The minimum atomic E-state index is -0.00751. The molecule has 0 saturated heterocycles. The van der Waals surface area contributed by atoms with Crippen LogP contribution in [0.3, 0.4) is 0 Å². The largest absolute Gasteiger partial charge is 0.509 e. The molecule has 5 nitrogen and oxygen atoms in total. The zero-order valence-electron chi connectivity index (χ0n) is 32.1. The maximum Gasteiger partial charge on any atom is 0.135 e. The van der Waals surface area contributed by atoms with Crippen LogP contribution in [-0.4, -0.2) is 9.55 Å². The molecule has 1 aliphatic heterocycles. The van der Waals surface area contributed by atoms with E-state index in [9.17, 15) is 0 Å². The van der Waals surface area contributed by atoms with E-state index in [1.807, 2.05) is 24.4 Å². The summed E-state index contributed by atoms with van der Waals surface area (Å²) in [6, 6.07) is 47.6. The molecular formula is C48H45N4OPt-3. The molecule has 54 heavy (non-hydrogen) atoms. The number of hydrogen-bond acceptors (Lipinski definition) is 4. The Morgan fingerprint density at radius 1 is 0.611 bits per heavy atom. The van der Waals surface area contributed by atoms with Crippen LogP contribution in [0.5, 0.6) is 11.5 Å². The van der Waals surface area contributed by atoms with E-state index >= 15 is 0 Å². The second kappa shape index (κ2) is 14.3. The summed E-state index contributed by atoms with van der Waals surface area (Å²) in [6.07, 6.45) is 1.90. The van der Waals surface area contributed by atoms with Crippen LogP contribution in [0.15, 0.2) is 133 Å². The van der Waals surface area contributed by atoms with E-state index < -0.39 is 0 Å². The first-order valence-corrected chi connectivity index (χ1v) is 18.3. The summed E-state index contributed by atoms with van der Waals surface area (Å²) >= 11 is 0. The van der Waals surface area contributed by atoms with Gasteiger partial charge in [-0.3, -0.25) is 0 Å². The molecule has 0 amide bonds. The van der Waals surface area contributed by atoms with Crippen LogP contribution in [0.2, 0.25) is 0 Å². The first-order valence-electron chi connectivity index (χ1n) is 18.3. The van der Waals surface area contributed by atoms with E-state index in [4.69, 9.17) is 9.72 Å². The van der Waals surface area contributed by atoms with Crippen LogP contribution in [0, 0.1) is 18.8 Å². The van der Waals surface area contributed by atoms with Crippen molar-refractivity contribution >= 4 is 33.2 Å². The van der Waals surface area contributed by atoms with E-state index in [-0.39, 0.29) is 31.9 Å². The molecule has 5 aromatic carbocycles. The number of allylic oxidation sites excluding steroid dienone is 2. The van der Waals surface area contributed by atoms with Gasteiger partial charge in [0.15, 0.2) is 0 Å². The topological polar surface area (TPSA) is 33.5 Å². The summed E-state index contributed by atoms with van der Waals surface area (Å²) < 4.78 is 8.72. The third kappa shape index (κ3) is 6.98. The average Bonchev–Trinajstić information content (AvgIpc) is 3.64. The number of aromatic nitrogens is 2. The van der Waals surface area contributed by atoms with Crippen LogP contribution in [-0.2, 0) is 31.9 Å². The number of rotatable bonds is 6. The smallest absolute Gasteiger partial charge is 0.135 e. The van der Waals surface area contributed by atoms with Gasteiger partial charge in [0.25, 0.3) is 0 Å². The number of fused-ring (bicyclic) bond motifs is 3. The molecule has 2 aromatic heterocycles. The molecule has 3 heterocycles. The van der Waals surface area contributed by atoms with Gasteiger partial charge >= 0.3 is 0 Å². The third-order valence-electron chi connectivity index (χ3n) is 10.3. The first-order chi connectivity index (χ1) is 25.3. The van der Waals surface area contributed by atoms with Gasteiger partial charge in [-0.15, -0.1) is 48.1 Å². The van der Waals surface area contributed by atoms with Crippen molar-refractivity contribution in [3.05, 3.63) is 163 Å². The Kier molecular flexibility index (Phi) is 9.83. The molecule has 7 aromatic rings. The van der Waals surface area contributed by atoms with Gasteiger partial charge in [0.1, 0.15) is 5.82 Å². The average molecular weight is 889 g/mol. The first kappa shape index (κ1) is 37.2. The van der Waals surface area contributed by atoms with Crippen molar-refractivity contribution in [2.75, 3.05) is 9.80 Å². The minimum absolute atomic E-state index is 0. The normalized spacial score (nSPS) is 13.6. The van der Waals surface area contributed by atoms with Crippen LogP contribution < -0.4 is 14.5 Å². The van der Waals surface area contributed by atoms with Crippen LogP contribution >= 0.6 is 0 Å². The molecule has 0 radical (unpaired) electrons. The van der Waals surface area contributed by atoms with E-state index in [1.165, 1.54) is 22.3 Å². The maximum atomic E-state index is 6.53. The van der Waals surface area contributed by atoms with Gasteiger partial charge in [0.2, 0.25) is 0 Å². The third-order valence-corrected chi connectivity index (χ3v) is 10.3. The summed E-state index contributed by atoms with van der Waals surface area (Å²) in [5, 5.41) is 2.25. The monoisotopic (exact) mass is 888 g/mol. The van der Waals surface area contributed by atoms with Crippen molar-refractivity contribution in [1.82, 2.24) is 9.55 Å². The molecule has 0 aliphatic carbocycles. The number of benzene rings is 5. The van der Waals surface area contributed by atoms with Crippen molar-refractivity contribution in [2.24, 2.45) is 0 Å². The Hall–Kier alpha value is -5.12. The molecule has 0 bridgehead atoms. The summed E-state index contributed by atoms with van der Waals surface area (Å²) in [5.74, 6) is 2.10. The fourth-order valence-corrected chi connectivity index (χ4v) is 7.05. The standard InChI is InChI=1S/C48H45N4O.Pt/c1-32-33(2)51(39-26-35(34-15-10-9-11-16-34)25-37(27-39)48(6,7)8)31-50(32)38-17-14-18-40(29-38)53-41-21-22-43-42-19-12-13-20-44(42)52(45(43)30-41)46-28-36(23-24-49-46)47(3,4)5;/h9-28,31H,1-8H3;/q-3;. The predicted molar refractivity (Wildman–Crippen MR) is 220 cm³/mol. The number of pyridine rings is 1. The van der Waals surface area contributed by atoms with Gasteiger partial charge in [-0.05, 0) is 82.6 Å². The summed E-state index contributed by atoms with van der Waals surface area (Å²) in [6.45, 7) is 20.0. The van der Waals surface area contributed by atoms with Gasteiger partial charge in [0, 0.05) is 61.4 Å². The molecule has 0 atom stereocenters. The zero-order valence-corrected chi connectivity index (χ0v) is 34.4. The summed E-state index contributed by atoms with van der Waals surface area (Å²) in [5.41, 5.74) is 11.2. The van der Waals surface area contributed by atoms with Gasteiger partial charge in [-0.2, -0.15) is 12.1 Å². The van der Waals surface area contributed by atoms with Crippen molar-refractivity contribution in [3.8, 4) is 28.4 Å². The van der Waals surface area contributed by atoms with Crippen molar-refractivity contribution in [2.45, 2.75) is 66.2 Å². The molecule has 0 fully saturated rings. The van der Waals surface area contributed by atoms with Crippen LogP contribution in [0.1, 0.15) is 66.5 Å². The van der Waals surface area contributed by atoms with E-state index in [0.29, 0.717) is 11.5 Å². The summed E-state index contributed by atoms with van der Waals surface area (Å²) in [7, 11) is 0. The summed E-state index contributed by atoms with van der Waals surface area (Å²) in [4.78, 5) is 9.29. The maximum absolute atomic E-state index is 6.53. The van der Waals surface area contributed by atoms with Crippen LogP contribution in [0.25, 0.3) is 38.8 Å². The molecule has 0 saturated carbocycles. The fourth-order valence-electron chi connectivity index (χ4n) is 7.05. The van der Waals surface area contributed by atoms with Gasteiger partial charge in [-0.25, -0.2) is 4.98 Å². The van der Waals surface area contributed by atoms with Crippen molar-refractivity contribution < 1.29 is 25.8 Å². The Bertz CT molecular complexity index is 2520. The number of anilines is 2. The van der Waals surface area contributed by atoms with Gasteiger partial charge < -0.3 is 19.1 Å². The zero-order chi connectivity index (χ0) is 37.1. The molecule has 1 aliphatic rings. The Morgan fingerprint density at radius 3 is 2.07 bits per heavy atom. The number of ether oxygens (including phenoxy) is 1. The quantitative estimate of drug-likeness (QED) is 0.156. The Balaban J connectivity index is 0.00000450. The Labute approximate surface area is 334 Å². The van der Waals surface area contributed by atoms with E-state index in [0.717, 1.165) is 50.4 Å². The SMILES string of the molecule is CC1=C(C)N(c2cc(-c3ccccc3)cc(C(C)(C)C)c2)[CH-]N1c1[c-]c(Oc2[c-]c3c(cc2)c2ccccc2n3-c2cc(C(C)(C)C)ccn2)ccc1.[Pt]. The molecule has 6 heteroatoms. The second-order valence-electron chi connectivity index (χ2n) is 16.0. The van der Waals surface area contributed by atoms with Gasteiger partial charge in [-0.1, -0.05) is 102 Å². The molecule has 0 N–H and O–H groups in total. The fraction of sp³-hybridized carbons (Fsp3) is 0.208. The van der Waals surface area contributed by atoms with Crippen molar-refractivity contribution in [1.29, 1.82) is 0 Å². The number of hydrogen-bond donors (Lipinski definition) is 0. The molecule has 0 unspecified atom stereocenters. The molecule has 8 rings (SSSR count). The number of para-hydroxylation sites is 1. The molecular weight excluding hydrogens is 844 g/mol. The van der Waals surface area contributed by atoms with Crippen molar-refractivity contribution in [3.63, 3.8) is 0 Å². The number of nitrogens with zero attached hydrogens (tertiary/aromatic N) is 4. The Morgan fingerprint density at radius 2 is 1.31 bits per heavy atom. The van der Waals surface area contributed by atoms with E-state index in [2.05, 4.69) is 186 Å². The molecule has 276 valence electrons. The minimum Gasteiger partial charge on any atom is -0.509 e. The predicted octanol–water partition coefficient (Wildman–Crippen LogP) is 12.5. The van der Waals surface area contributed by atoms with E-state index in [1.54, 1.807) is 0 Å². The molecule has 0 spiro atoms.